The number of hydrogen-bond acceptors (Lipinski definition) is 2. The quantitative estimate of drug-likeness (QED) is 0.916. The van der Waals surface area contributed by atoms with Crippen molar-refractivity contribution in [2.45, 2.75) is 57.5 Å². The summed E-state index contributed by atoms with van der Waals surface area (Å²) in [5.74, 6) is 1.49. The Kier molecular flexibility index (Phi) is 4.13. The molecule has 1 aliphatic heterocycles. The minimum absolute atomic E-state index is 0.340. The highest BCUT2D eigenvalue weighted by atomic mass is 15.2. The van der Waals surface area contributed by atoms with Gasteiger partial charge in [-0.1, -0.05) is 38.1 Å². The summed E-state index contributed by atoms with van der Waals surface area (Å²) in [5.41, 5.74) is 9.24. The van der Waals surface area contributed by atoms with E-state index < -0.39 is 0 Å². The molecule has 1 aliphatic carbocycles. The van der Waals surface area contributed by atoms with E-state index in [4.69, 9.17) is 5.73 Å². The highest BCUT2D eigenvalue weighted by Gasteiger charge is 2.36. The van der Waals surface area contributed by atoms with Gasteiger partial charge in [0, 0.05) is 25.2 Å². The van der Waals surface area contributed by atoms with E-state index in [1.165, 1.54) is 30.5 Å². The number of nitrogens with two attached hydrogens (primary N) is 1. The van der Waals surface area contributed by atoms with Crippen LogP contribution in [0.1, 0.15) is 50.2 Å². The van der Waals surface area contributed by atoms with Gasteiger partial charge < -0.3 is 5.73 Å². The van der Waals surface area contributed by atoms with Crippen LogP contribution in [0.4, 0.5) is 0 Å². The van der Waals surface area contributed by atoms with E-state index in [-0.39, 0.29) is 0 Å². The maximum Gasteiger partial charge on any atom is 0.0174 e. The molecule has 1 aromatic rings. The first kappa shape index (κ1) is 14.1. The summed E-state index contributed by atoms with van der Waals surface area (Å²) in [5, 5.41) is 0. The predicted molar refractivity (Wildman–Crippen MR) is 84.9 cm³/mol. The average Bonchev–Trinajstić information content (AvgIpc) is 2.45. The van der Waals surface area contributed by atoms with Gasteiger partial charge in [0.15, 0.2) is 0 Å². The van der Waals surface area contributed by atoms with Gasteiger partial charge in [-0.25, -0.2) is 0 Å². The van der Waals surface area contributed by atoms with Crippen molar-refractivity contribution in [1.82, 2.24) is 4.90 Å². The lowest BCUT2D eigenvalue weighted by Gasteiger charge is -2.48. The SMILES string of the molecule is CCc1ccc(C2CC(N)CN(C3CCC3C)C2)cc1. The van der Waals surface area contributed by atoms with Crippen LogP contribution >= 0.6 is 0 Å². The van der Waals surface area contributed by atoms with E-state index in [1.54, 1.807) is 0 Å². The van der Waals surface area contributed by atoms with Gasteiger partial charge in [0.2, 0.25) is 0 Å². The molecule has 0 radical (unpaired) electrons. The molecule has 20 heavy (non-hydrogen) atoms. The van der Waals surface area contributed by atoms with E-state index in [1.807, 2.05) is 0 Å². The van der Waals surface area contributed by atoms with Crippen molar-refractivity contribution in [3.05, 3.63) is 35.4 Å². The predicted octanol–water partition coefficient (Wildman–Crippen LogP) is 3.16. The molecule has 0 bridgehead atoms. The van der Waals surface area contributed by atoms with E-state index in [2.05, 4.69) is 43.0 Å². The monoisotopic (exact) mass is 272 g/mol. The molecule has 2 heteroatoms. The molecule has 2 aliphatic rings. The number of piperidine rings is 1. The van der Waals surface area contributed by atoms with Crippen LogP contribution in [0.2, 0.25) is 0 Å². The van der Waals surface area contributed by atoms with Crippen LogP contribution in [0.5, 0.6) is 0 Å². The molecule has 2 fully saturated rings. The molecule has 1 aromatic carbocycles. The second kappa shape index (κ2) is 5.87. The third kappa shape index (κ3) is 2.77. The molecule has 1 saturated heterocycles. The fourth-order valence-corrected chi connectivity index (χ4v) is 3.90. The highest BCUT2D eigenvalue weighted by molar-refractivity contribution is 5.26. The Labute approximate surface area is 123 Å². The minimum atomic E-state index is 0.340. The largest absolute Gasteiger partial charge is 0.327 e. The molecule has 4 atom stereocenters. The van der Waals surface area contributed by atoms with E-state index in [0.717, 1.165) is 31.3 Å². The zero-order valence-electron chi connectivity index (χ0n) is 12.9. The Bertz CT molecular complexity index is 439. The summed E-state index contributed by atoms with van der Waals surface area (Å²) in [6, 6.07) is 10.3. The molecule has 2 nitrogen and oxygen atoms in total. The lowest BCUT2D eigenvalue weighted by atomic mass is 9.77. The molecule has 1 saturated carbocycles. The Hall–Kier alpha value is -0.860. The van der Waals surface area contributed by atoms with E-state index in [0.29, 0.717) is 12.0 Å². The van der Waals surface area contributed by atoms with Crippen LogP contribution in [0.25, 0.3) is 0 Å². The van der Waals surface area contributed by atoms with E-state index >= 15 is 0 Å². The van der Waals surface area contributed by atoms with Gasteiger partial charge in [-0.15, -0.1) is 0 Å². The summed E-state index contributed by atoms with van der Waals surface area (Å²) in [6.07, 6.45) is 5.03. The number of aryl methyl sites for hydroxylation is 1. The smallest absolute Gasteiger partial charge is 0.0174 e. The lowest BCUT2D eigenvalue weighted by Crippen LogP contribution is -2.55. The Balaban J connectivity index is 1.71. The van der Waals surface area contributed by atoms with Gasteiger partial charge in [-0.05, 0) is 48.6 Å². The highest BCUT2D eigenvalue weighted by Crippen LogP contribution is 2.36. The van der Waals surface area contributed by atoms with E-state index in [9.17, 15) is 0 Å². The first-order valence-corrected chi connectivity index (χ1v) is 8.25. The minimum Gasteiger partial charge on any atom is -0.327 e. The third-order valence-corrected chi connectivity index (χ3v) is 5.41. The number of nitrogens with zero attached hydrogens (tertiary/aromatic N) is 1. The van der Waals surface area contributed by atoms with Crippen molar-refractivity contribution in [2.75, 3.05) is 13.1 Å². The van der Waals surface area contributed by atoms with Crippen LogP contribution in [-0.2, 0) is 6.42 Å². The summed E-state index contributed by atoms with van der Waals surface area (Å²) < 4.78 is 0. The summed E-state index contributed by atoms with van der Waals surface area (Å²) >= 11 is 0. The maximum absolute atomic E-state index is 6.33. The number of likely N-dealkylation sites (tertiary alicyclic amines) is 1. The number of hydrogen-bond donors (Lipinski definition) is 1. The summed E-state index contributed by atoms with van der Waals surface area (Å²) in [4.78, 5) is 2.67. The van der Waals surface area contributed by atoms with Gasteiger partial charge in [0.05, 0.1) is 0 Å². The first-order chi connectivity index (χ1) is 9.67. The van der Waals surface area contributed by atoms with Gasteiger partial charge in [0.25, 0.3) is 0 Å². The summed E-state index contributed by atoms with van der Waals surface area (Å²) in [7, 11) is 0. The third-order valence-electron chi connectivity index (χ3n) is 5.41. The average molecular weight is 272 g/mol. The number of rotatable bonds is 3. The molecule has 2 N–H and O–H groups in total. The lowest BCUT2D eigenvalue weighted by molar-refractivity contribution is 0.0419. The van der Waals surface area contributed by atoms with Crippen LogP contribution in [0, 0.1) is 5.92 Å². The molecule has 110 valence electrons. The zero-order valence-corrected chi connectivity index (χ0v) is 12.9. The topological polar surface area (TPSA) is 29.3 Å². The van der Waals surface area contributed by atoms with Crippen molar-refractivity contribution < 1.29 is 0 Å². The molecule has 4 unspecified atom stereocenters. The van der Waals surface area contributed by atoms with Gasteiger partial charge >= 0.3 is 0 Å². The van der Waals surface area contributed by atoms with Gasteiger partial charge in [0.1, 0.15) is 0 Å². The maximum atomic E-state index is 6.33. The summed E-state index contributed by atoms with van der Waals surface area (Å²) in [6.45, 7) is 6.90. The molecule has 0 spiro atoms. The Morgan fingerprint density at radius 3 is 2.45 bits per heavy atom. The standard InChI is InChI=1S/C18H28N2/c1-3-14-5-7-15(8-6-14)16-10-17(19)12-20(11-16)18-9-4-13(18)2/h5-8,13,16-18H,3-4,9-12,19H2,1-2H3. The van der Waals surface area contributed by atoms with Crippen LogP contribution in [0.3, 0.4) is 0 Å². The second-order valence-electron chi connectivity index (χ2n) is 6.86. The number of benzene rings is 1. The van der Waals surface area contributed by atoms with Crippen LogP contribution in [-0.4, -0.2) is 30.1 Å². The van der Waals surface area contributed by atoms with Crippen LogP contribution in [0.15, 0.2) is 24.3 Å². The van der Waals surface area contributed by atoms with Crippen molar-refractivity contribution in [2.24, 2.45) is 11.7 Å². The fourth-order valence-electron chi connectivity index (χ4n) is 3.90. The fraction of sp³-hybridized carbons (Fsp3) is 0.667. The van der Waals surface area contributed by atoms with Crippen molar-refractivity contribution in [1.29, 1.82) is 0 Å². The second-order valence-corrected chi connectivity index (χ2v) is 6.86. The normalized spacial score (nSPS) is 34.8. The van der Waals surface area contributed by atoms with Gasteiger partial charge in [-0.2, -0.15) is 0 Å². The molecule has 1 heterocycles. The molecular weight excluding hydrogens is 244 g/mol. The Morgan fingerprint density at radius 1 is 1.15 bits per heavy atom. The molecular formula is C18H28N2. The van der Waals surface area contributed by atoms with Gasteiger partial charge in [-0.3, -0.25) is 4.90 Å². The van der Waals surface area contributed by atoms with Crippen molar-refractivity contribution >= 4 is 0 Å². The first-order valence-electron chi connectivity index (χ1n) is 8.25. The molecule has 0 aromatic heterocycles. The van der Waals surface area contributed by atoms with Crippen molar-refractivity contribution in [3.63, 3.8) is 0 Å². The molecule has 0 amide bonds. The van der Waals surface area contributed by atoms with Crippen molar-refractivity contribution in [3.8, 4) is 0 Å². The zero-order chi connectivity index (χ0) is 14.1. The van der Waals surface area contributed by atoms with Crippen LogP contribution < -0.4 is 5.73 Å². The Morgan fingerprint density at radius 2 is 1.90 bits per heavy atom. The molecule has 3 rings (SSSR count).